The number of cyclic esters (lactones) is 1. The van der Waals surface area contributed by atoms with Crippen LogP contribution in [-0.2, 0) is 16.6 Å². The van der Waals surface area contributed by atoms with Crippen molar-refractivity contribution < 1.29 is 33.6 Å². The van der Waals surface area contributed by atoms with Gasteiger partial charge in [0.15, 0.2) is 5.82 Å². The SMILES string of the molecule is COc1ccc(C(=C(C=C[C@@H]2C[C@@H](O)CC(=O)O2)c2nnnn2C)c2ccc(OC)cc2OC)c(OC)c1. The summed E-state index contributed by atoms with van der Waals surface area (Å²) in [6.45, 7) is 0. The standard InChI is InChI=1S/C27H30N4O7/c1-31-27(28-29-30-31)22(11-8-19-12-16(32)13-25(33)38-19)26(20-9-6-17(34-2)14-23(20)36-4)21-10-7-18(35-3)15-24(21)37-5/h6-11,14-16,19,32H,12-13H2,1-5H3/t16-,19-/m1/s1. The predicted molar refractivity (Wildman–Crippen MR) is 138 cm³/mol. The number of aliphatic hydroxyl groups excluding tert-OH is 1. The number of allylic oxidation sites excluding steroid dienone is 2. The first-order chi connectivity index (χ1) is 18.4. The molecule has 0 aliphatic carbocycles. The summed E-state index contributed by atoms with van der Waals surface area (Å²) in [5.41, 5.74) is 2.70. The summed E-state index contributed by atoms with van der Waals surface area (Å²) >= 11 is 0. The first-order valence-electron chi connectivity index (χ1n) is 11.9. The van der Waals surface area contributed by atoms with Gasteiger partial charge in [0, 0.05) is 47.9 Å². The summed E-state index contributed by atoms with van der Waals surface area (Å²) in [6, 6.07) is 11.0. The molecule has 1 saturated heterocycles. The molecule has 1 aromatic heterocycles. The Bertz CT molecular complexity index is 1310. The number of hydrogen-bond donors (Lipinski definition) is 1. The Morgan fingerprint density at radius 1 is 1.00 bits per heavy atom. The Morgan fingerprint density at radius 2 is 1.61 bits per heavy atom. The molecule has 2 heterocycles. The third kappa shape index (κ3) is 5.62. The van der Waals surface area contributed by atoms with Gasteiger partial charge in [-0.05, 0) is 40.8 Å². The molecule has 200 valence electrons. The fourth-order valence-corrected chi connectivity index (χ4v) is 4.30. The Kier molecular flexibility index (Phi) is 8.27. The summed E-state index contributed by atoms with van der Waals surface area (Å²) in [5.74, 6) is 2.29. The van der Waals surface area contributed by atoms with Gasteiger partial charge in [-0.25, -0.2) is 4.68 Å². The largest absolute Gasteiger partial charge is 0.497 e. The van der Waals surface area contributed by atoms with E-state index in [1.807, 2.05) is 24.3 Å². The Hall–Kier alpha value is -4.38. The van der Waals surface area contributed by atoms with Crippen molar-refractivity contribution in [1.29, 1.82) is 0 Å². The lowest BCUT2D eigenvalue weighted by atomic mass is 9.90. The summed E-state index contributed by atoms with van der Waals surface area (Å²) < 4.78 is 29.3. The Morgan fingerprint density at radius 3 is 2.08 bits per heavy atom. The van der Waals surface area contributed by atoms with Gasteiger partial charge in [-0.3, -0.25) is 4.79 Å². The molecule has 38 heavy (non-hydrogen) atoms. The summed E-state index contributed by atoms with van der Waals surface area (Å²) in [4.78, 5) is 12.0. The third-order valence-electron chi connectivity index (χ3n) is 6.15. The Balaban J connectivity index is 2.03. The topological polar surface area (TPSA) is 127 Å². The zero-order valence-corrected chi connectivity index (χ0v) is 21.9. The van der Waals surface area contributed by atoms with E-state index in [0.29, 0.717) is 51.1 Å². The second kappa shape index (κ2) is 11.8. The van der Waals surface area contributed by atoms with Crippen LogP contribution in [-0.4, -0.2) is 71.9 Å². The molecule has 4 rings (SSSR count). The van der Waals surface area contributed by atoms with Crippen LogP contribution in [0.1, 0.15) is 29.8 Å². The van der Waals surface area contributed by atoms with Gasteiger partial charge >= 0.3 is 5.97 Å². The number of methoxy groups -OCH3 is 4. The molecule has 0 spiro atoms. The molecule has 11 nitrogen and oxygen atoms in total. The van der Waals surface area contributed by atoms with Gasteiger partial charge in [-0.2, -0.15) is 0 Å². The fraction of sp³-hybridized carbons (Fsp3) is 0.333. The highest BCUT2D eigenvalue weighted by atomic mass is 16.5. The van der Waals surface area contributed by atoms with E-state index in [1.165, 1.54) is 4.68 Å². The van der Waals surface area contributed by atoms with Gasteiger partial charge in [0.25, 0.3) is 0 Å². The average molecular weight is 523 g/mol. The van der Waals surface area contributed by atoms with Gasteiger partial charge in [0.1, 0.15) is 29.1 Å². The second-order valence-electron chi connectivity index (χ2n) is 8.53. The van der Waals surface area contributed by atoms with Crippen molar-refractivity contribution in [2.75, 3.05) is 28.4 Å². The zero-order chi connectivity index (χ0) is 27.2. The molecule has 1 aliphatic rings. The van der Waals surface area contributed by atoms with Crippen molar-refractivity contribution in [2.24, 2.45) is 7.05 Å². The molecule has 0 bridgehead atoms. The molecular weight excluding hydrogens is 492 g/mol. The van der Waals surface area contributed by atoms with E-state index in [1.54, 1.807) is 59.8 Å². The van der Waals surface area contributed by atoms with Gasteiger partial charge in [-0.15, -0.1) is 5.10 Å². The Labute approximate surface area is 220 Å². The molecule has 11 heteroatoms. The van der Waals surface area contributed by atoms with Crippen LogP contribution in [0.4, 0.5) is 0 Å². The van der Waals surface area contributed by atoms with Gasteiger partial charge < -0.3 is 28.8 Å². The van der Waals surface area contributed by atoms with Crippen LogP contribution < -0.4 is 18.9 Å². The van der Waals surface area contributed by atoms with Crippen LogP contribution in [0.15, 0.2) is 48.6 Å². The van der Waals surface area contributed by atoms with E-state index in [-0.39, 0.29) is 12.8 Å². The van der Waals surface area contributed by atoms with Crippen LogP contribution in [0.5, 0.6) is 23.0 Å². The molecule has 1 fully saturated rings. The summed E-state index contributed by atoms with van der Waals surface area (Å²) in [5, 5.41) is 22.2. The smallest absolute Gasteiger partial charge is 0.309 e. The number of carbonyl (C=O) groups excluding carboxylic acids is 1. The highest BCUT2D eigenvalue weighted by molar-refractivity contribution is 6.03. The average Bonchev–Trinajstić information content (AvgIpc) is 3.35. The fourth-order valence-electron chi connectivity index (χ4n) is 4.30. The molecule has 0 unspecified atom stereocenters. The first kappa shape index (κ1) is 26.7. The minimum atomic E-state index is -0.780. The van der Waals surface area contributed by atoms with Crippen molar-refractivity contribution in [1.82, 2.24) is 20.2 Å². The van der Waals surface area contributed by atoms with Crippen LogP contribution in [0.25, 0.3) is 11.1 Å². The number of aliphatic hydroxyl groups is 1. The molecule has 1 N–H and O–H groups in total. The van der Waals surface area contributed by atoms with Crippen molar-refractivity contribution in [3.05, 3.63) is 65.5 Å². The number of aromatic nitrogens is 4. The number of ether oxygens (including phenoxy) is 5. The van der Waals surface area contributed by atoms with Crippen LogP contribution in [0.3, 0.4) is 0 Å². The molecule has 3 aromatic rings. The van der Waals surface area contributed by atoms with Gasteiger partial charge in [0.2, 0.25) is 0 Å². The van der Waals surface area contributed by atoms with Crippen molar-refractivity contribution in [3.63, 3.8) is 0 Å². The van der Waals surface area contributed by atoms with Crippen molar-refractivity contribution in [2.45, 2.75) is 25.0 Å². The predicted octanol–water partition coefficient (Wildman–Crippen LogP) is 2.83. The number of rotatable bonds is 9. The number of benzene rings is 2. The molecule has 2 aromatic carbocycles. The second-order valence-corrected chi connectivity index (χ2v) is 8.53. The first-order valence-corrected chi connectivity index (χ1v) is 11.9. The normalized spacial score (nSPS) is 17.2. The highest BCUT2D eigenvalue weighted by Gasteiger charge is 2.27. The molecule has 0 radical (unpaired) electrons. The lowest BCUT2D eigenvalue weighted by molar-refractivity contribution is -0.156. The molecule has 1 aliphatic heterocycles. The molecule has 2 atom stereocenters. The third-order valence-corrected chi connectivity index (χ3v) is 6.15. The monoisotopic (exact) mass is 522 g/mol. The quantitative estimate of drug-likeness (QED) is 0.331. The number of tetrazole rings is 1. The van der Waals surface area contributed by atoms with E-state index in [9.17, 15) is 9.90 Å². The maximum Gasteiger partial charge on any atom is 0.309 e. The minimum absolute atomic E-state index is 0.0302. The maximum atomic E-state index is 12.0. The number of hydrogen-bond acceptors (Lipinski definition) is 10. The van der Waals surface area contributed by atoms with E-state index in [4.69, 9.17) is 23.7 Å². The number of esters is 1. The lowest BCUT2D eigenvalue weighted by Gasteiger charge is -2.24. The zero-order valence-electron chi connectivity index (χ0n) is 21.9. The maximum absolute atomic E-state index is 12.0. The number of carbonyl (C=O) groups is 1. The highest BCUT2D eigenvalue weighted by Crippen LogP contribution is 2.43. The molecule has 0 amide bonds. The molecule has 0 saturated carbocycles. The van der Waals surface area contributed by atoms with E-state index in [2.05, 4.69) is 15.5 Å². The van der Waals surface area contributed by atoms with Crippen LogP contribution >= 0.6 is 0 Å². The summed E-state index contributed by atoms with van der Waals surface area (Å²) in [6.07, 6.45) is 2.34. The minimum Gasteiger partial charge on any atom is -0.497 e. The lowest BCUT2D eigenvalue weighted by Crippen LogP contribution is -2.31. The van der Waals surface area contributed by atoms with E-state index >= 15 is 0 Å². The van der Waals surface area contributed by atoms with Gasteiger partial charge in [-0.1, -0.05) is 6.08 Å². The number of aryl methyl sites for hydroxylation is 1. The molecular formula is C27H30N4O7. The van der Waals surface area contributed by atoms with Crippen LogP contribution in [0.2, 0.25) is 0 Å². The summed E-state index contributed by atoms with van der Waals surface area (Å²) in [7, 11) is 8.03. The van der Waals surface area contributed by atoms with Crippen molar-refractivity contribution >= 4 is 17.1 Å². The van der Waals surface area contributed by atoms with E-state index < -0.39 is 18.2 Å². The van der Waals surface area contributed by atoms with Gasteiger partial charge in [0.05, 0.1) is 41.0 Å². The number of nitrogens with zero attached hydrogens (tertiary/aromatic N) is 4. The van der Waals surface area contributed by atoms with E-state index in [0.717, 1.165) is 0 Å². The van der Waals surface area contributed by atoms with Crippen LogP contribution in [0, 0.1) is 0 Å². The van der Waals surface area contributed by atoms with Crippen molar-refractivity contribution in [3.8, 4) is 23.0 Å².